The van der Waals surface area contributed by atoms with Gasteiger partial charge in [-0.3, -0.25) is 10.1 Å². The number of carbonyl (C=O) groups is 2. The highest BCUT2D eigenvalue weighted by Gasteiger charge is 2.28. The number of likely N-dealkylation sites (tertiary alicyclic amines) is 1. The second kappa shape index (κ2) is 5.48. The molecule has 0 saturated carbocycles. The third-order valence-electron chi connectivity index (χ3n) is 2.96. The number of amides is 2. The summed E-state index contributed by atoms with van der Waals surface area (Å²) >= 11 is 0. The van der Waals surface area contributed by atoms with Crippen molar-refractivity contribution in [2.75, 3.05) is 18.4 Å². The number of anilines is 1. The summed E-state index contributed by atoms with van der Waals surface area (Å²) < 4.78 is 0. The Bertz CT molecular complexity index is 435. The maximum Gasteiger partial charge on any atom is 0.323 e. The zero-order chi connectivity index (χ0) is 13.0. The highest BCUT2D eigenvalue weighted by Crippen LogP contribution is 2.17. The first-order valence-corrected chi connectivity index (χ1v) is 5.86. The third-order valence-corrected chi connectivity index (χ3v) is 2.96. The van der Waals surface area contributed by atoms with Crippen LogP contribution in [0.2, 0.25) is 0 Å². The minimum absolute atomic E-state index is 0.258. The maximum absolute atomic E-state index is 11.9. The SMILES string of the molecule is O=C(O)C1CCCN(C(=O)Nc2ccccn2)C1. The molecule has 1 unspecified atom stereocenters. The number of nitrogens with one attached hydrogen (secondary N) is 1. The van der Waals surface area contributed by atoms with Crippen LogP contribution in [0.1, 0.15) is 12.8 Å². The molecule has 0 aromatic carbocycles. The van der Waals surface area contributed by atoms with Crippen LogP contribution in [0, 0.1) is 5.92 Å². The largest absolute Gasteiger partial charge is 0.481 e. The van der Waals surface area contributed by atoms with E-state index in [1.54, 1.807) is 24.4 Å². The Morgan fingerprint density at radius 1 is 1.44 bits per heavy atom. The standard InChI is InChI=1S/C12H15N3O3/c16-11(17)9-4-3-7-15(8-9)12(18)14-10-5-1-2-6-13-10/h1-2,5-6,9H,3-4,7-8H2,(H,16,17)(H,13,14,18). The van der Waals surface area contributed by atoms with Crippen molar-refractivity contribution in [2.24, 2.45) is 5.92 Å². The van der Waals surface area contributed by atoms with Gasteiger partial charge in [0, 0.05) is 19.3 Å². The van der Waals surface area contributed by atoms with E-state index < -0.39 is 11.9 Å². The predicted molar refractivity (Wildman–Crippen MR) is 65.2 cm³/mol. The number of nitrogens with zero attached hydrogens (tertiary/aromatic N) is 2. The van der Waals surface area contributed by atoms with Crippen molar-refractivity contribution in [3.8, 4) is 0 Å². The molecule has 6 heteroatoms. The number of aromatic nitrogens is 1. The Hall–Kier alpha value is -2.11. The van der Waals surface area contributed by atoms with Crippen LogP contribution in [0.4, 0.5) is 10.6 Å². The van der Waals surface area contributed by atoms with Gasteiger partial charge in [-0.25, -0.2) is 9.78 Å². The first-order chi connectivity index (χ1) is 8.66. The highest BCUT2D eigenvalue weighted by atomic mass is 16.4. The molecular formula is C12H15N3O3. The van der Waals surface area contributed by atoms with Crippen LogP contribution in [0.5, 0.6) is 0 Å². The number of hydrogen-bond donors (Lipinski definition) is 2. The number of carboxylic acid groups (broad SMARTS) is 1. The van der Waals surface area contributed by atoms with E-state index in [1.165, 1.54) is 4.90 Å². The smallest absolute Gasteiger partial charge is 0.323 e. The molecular weight excluding hydrogens is 234 g/mol. The second-order valence-electron chi connectivity index (χ2n) is 4.27. The number of hydrogen-bond acceptors (Lipinski definition) is 3. The first kappa shape index (κ1) is 12.3. The van der Waals surface area contributed by atoms with Crippen LogP contribution in [0.3, 0.4) is 0 Å². The van der Waals surface area contributed by atoms with Gasteiger partial charge >= 0.3 is 12.0 Å². The Morgan fingerprint density at radius 2 is 2.28 bits per heavy atom. The lowest BCUT2D eigenvalue weighted by molar-refractivity contribution is -0.143. The fraction of sp³-hybridized carbons (Fsp3) is 0.417. The number of pyridine rings is 1. The predicted octanol–water partition coefficient (Wildman–Crippen LogP) is 1.41. The Balaban J connectivity index is 1.95. The molecule has 2 rings (SSSR count). The van der Waals surface area contributed by atoms with E-state index in [2.05, 4.69) is 10.3 Å². The molecule has 1 aliphatic heterocycles. The van der Waals surface area contributed by atoms with Gasteiger partial charge in [0.1, 0.15) is 5.82 Å². The van der Waals surface area contributed by atoms with Gasteiger partial charge in [0.2, 0.25) is 0 Å². The third kappa shape index (κ3) is 2.97. The molecule has 0 aliphatic carbocycles. The van der Waals surface area contributed by atoms with Gasteiger partial charge in [-0.15, -0.1) is 0 Å². The van der Waals surface area contributed by atoms with Crippen LogP contribution in [-0.4, -0.2) is 40.1 Å². The van der Waals surface area contributed by atoms with Gasteiger partial charge in [0.05, 0.1) is 5.92 Å². The van der Waals surface area contributed by atoms with Gasteiger partial charge in [-0.05, 0) is 25.0 Å². The molecule has 2 heterocycles. The number of aliphatic carboxylic acids is 1. The summed E-state index contributed by atoms with van der Waals surface area (Å²) in [6.07, 6.45) is 2.93. The van der Waals surface area contributed by atoms with Crippen LogP contribution in [0.15, 0.2) is 24.4 Å². The van der Waals surface area contributed by atoms with E-state index in [-0.39, 0.29) is 12.6 Å². The molecule has 1 saturated heterocycles. The zero-order valence-electron chi connectivity index (χ0n) is 9.87. The summed E-state index contributed by atoms with van der Waals surface area (Å²) in [4.78, 5) is 28.3. The monoisotopic (exact) mass is 249 g/mol. The molecule has 6 nitrogen and oxygen atoms in total. The van der Waals surface area contributed by atoms with E-state index in [1.807, 2.05) is 0 Å². The minimum atomic E-state index is -0.842. The summed E-state index contributed by atoms with van der Waals surface area (Å²) in [5.74, 6) is -0.835. The van der Waals surface area contributed by atoms with Crippen LogP contribution in [-0.2, 0) is 4.79 Å². The van der Waals surface area contributed by atoms with Gasteiger partial charge in [0.15, 0.2) is 0 Å². The van der Waals surface area contributed by atoms with Crippen molar-refractivity contribution in [1.82, 2.24) is 9.88 Å². The molecule has 0 bridgehead atoms. The first-order valence-electron chi connectivity index (χ1n) is 5.86. The summed E-state index contributed by atoms with van der Waals surface area (Å²) in [6.45, 7) is 0.844. The Morgan fingerprint density at radius 3 is 2.94 bits per heavy atom. The van der Waals surface area contributed by atoms with Gasteiger partial charge in [0.25, 0.3) is 0 Å². The molecule has 0 spiro atoms. The van der Waals surface area contributed by atoms with Crippen LogP contribution < -0.4 is 5.32 Å². The lowest BCUT2D eigenvalue weighted by Gasteiger charge is -2.30. The average molecular weight is 249 g/mol. The van der Waals surface area contributed by atoms with E-state index in [9.17, 15) is 9.59 Å². The molecule has 2 amide bonds. The zero-order valence-corrected chi connectivity index (χ0v) is 9.87. The minimum Gasteiger partial charge on any atom is -0.481 e. The normalized spacial score (nSPS) is 19.3. The fourth-order valence-electron chi connectivity index (χ4n) is 1.99. The Kier molecular flexibility index (Phi) is 3.76. The number of rotatable bonds is 2. The van der Waals surface area contributed by atoms with Crippen molar-refractivity contribution >= 4 is 17.8 Å². The Labute approximate surface area is 105 Å². The van der Waals surface area contributed by atoms with Gasteiger partial charge < -0.3 is 10.0 Å². The molecule has 1 aromatic heterocycles. The van der Waals surface area contributed by atoms with Crippen LogP contribution >= 0.6 is 0 Å². The van der Waals surface area contributed by atoms with E-state index in [0.717, 1.165) is 0 Å². The van der Waals surface area contributed by atoms with Gasteiger partial charge in [-0.1, -0.05) is 6.07 Å². The second-order valence-corrected chi connectivity index (χ2v) is 4.27. The summed E-state index contributed by atoms with van der Waals surface area (Å²) in [5, 5.41) is 11.6. The topological polar surface area (TPSA) is 82.5 Å². The molecule has 2 N–H and O–H groups in total. The molecule has 18 heavy (non-hydrogen) atoms. The van der Waals surface area contributed by atoms with E-state index in [0.29, 0.717) is 25.2 Å². The molecule has 1 atom stereocenters. The summed E-state index contributed by atoms with van der Waals surface area (Å²) in [5.41, 5.74) is 0. The molecule has 0 radical (unpaired) electrons. The number of carbonyl (C=O) groups excluding carboxylic acids is 1. The fourth-order valence-corrected chi connectivity index (χ4v) is 1.99. The molecule has 1 fully saturated rings. The van der Waals surface area contributed by atoms with Crippen molar-refractivity contribution in [1.29, 1.82) is 0 Å². The average Bonchev–Trinajstić information content (AvgIpc) is 2.40. The number of piperidine rings is 1. The lowest BCUT2D eigenvalue weighted by Crippen LogP contribution is -2.44. The maximum atomic E-state index is 11.9. The molecule has 1 aliphatic rings. The molecule has 1 aromatic rings. The van der Waals surface area contributed by atoms with Crippen molar-refractivity contribution in [2.45, 2.75) is 12.8 Å². The van der Waals surface area contributed by atoms with Crippen LogP contribution in [0.25, 0.3) is 0 Å². The molecule has 96 valence electrons. The van der Waals surface area contributed by atoms with Crippen molar-refractivity contribution in [3.05, 3.63) is 24.4 Å². The summed E-state index contributed by atoms with van der Waals surface area (Å²) in [6, 6.07) is 4.94. The number of urea groups is 1. The van der Waals surface area contributed by atoms with Crippen molar-refractivity contribution in [3.63, 3.8) is 0 Å². The van der Waals surface area contributed by atoms with E-state index >= 15 is 0 Å². The number of carboxylic acids is 1. The highest BCUT2D eigenvalue weighted by molar-refractivity contribution is 5.88. The van der Waals surface area contributed by atoms with E-state index in [4.69, 9.17) is 5.11 Å². The quantitative estimate of drug-likeness (QED) is 0.830. The lowest BCUT2D eigenvalue weighted by atomic mass is 9.99. The van der Waals surface area contributed by atoms with Gasteiger partial charge in [-0.2, -0.15) is 0 Å². The summed E-state index contributed by atoms with van der Waals surface area (Å²) in [7, 11) is 0. The van der Waals surface area contributed by atoms with Crippen molar-refractivity contribution < 1.29 is 14.7 Å².